The summed E-state index contributed by atoms with van der Waals surface area (Å²) in [6, 6.07) is 8.14. The molecule has 1 heterocycles. The van der Waals surface area contributed by atoms with E-state index in [1.165, 1.54) is 24.5 Å². The van der Waals surface area contributed by atoms with E-state index < -0.39 is 11.6 Å². The Labute approximate surface area is 124 Å². The van der Waals surface area contributed by atoms with Crippen LogP contribution in [0.5, 0.6) is 0 Å². The number of hydrogen-bond acceptors (Lipinski definition) is 3. The van der Waals surface area contributed by atoms with Gasteiger partial charge >= 0.3 is 0 Å². The first-order valence-corrected chi connectivity index (χ1v) is 6.71. The van der Waals surface area contributed by atoms with Gasteiger partial charge in [0.25, 0.3) is 0 Å². The zero-order valence-electron chi connectivity index (χ0n) is 11.5. The molecule has 0 saturated carbocycles. The lowest BCUT2D eigenvalue weighted by atomic mass is 10.1. The SMILES string of the molecule is Fc1ccc(CCNc2ncnc3c(F)cc(F)cc23)cc1. The van der Waals surface area contributed by atoms with Crippen molar-refractivity contribution in [2.24, 2.45) is 0 Å². The second-order valence-electron chi connectivity index (χ2n) is 4.81. The van der Waals surface area contributed by atoms with Crippen LogP contribution < -0.4 is 5.32 Å². The molecule has 1 aromatic heterocycles. The molecule has 3 rings (SSSR count). The highest BCUT2D eigenvalue weighted by Crippen LogP contribution is 2.22. The highest BCUT2D eigenvalue weighted by Gasteiger charge is 2.10. The molecule has 0 radical (unpaired) electrons. The average molecular weight is 303 g/mol. The van der Waals surface area contributed by atoms with E-state index in [4.69, 9.17) is 0 Å². The van der Waals surface area contributed by atoms with Crippen molar-refractivity contribution in [2.75, 3.05) is 11.9 Å². The summed E-state index contributed by atoms with van der Waals surface area (Å²) in [7, 11) is 0. The van der Waals surface area contributed by atoms with Gasteiger partial charge in [0.05, 0.1) is 0 Å². The topological polar surface area (TPSA) is 37.8 Å². The minimum Gasteiger partial charge on any atom is -0.369 e. The number of benzene rings is 2. The number of aromatic nitrogens is 2. The number of halogens is 3. The summed E-state index contributed by atoms with van der Waals surface area (Å²) >= 11 is 0. The molecule has 0 spiro atoms. The fraction of sp³-hybridized carbons (Fsp3) is 0.125. The van der Waals surface area contributed by atoms with E-state index >= 15 is 0 Å². The van der Waals surface area contributed by atoms with Gasteiger partial charge in [0.15, 0.2) is 5.82 Å². The van der Waals surface area contributed by atoms with E-state index in [1.807, 2.05) is 0 Å². The average Bonchev–Trinajstić information content (AvgIpc) is 2.50. The molecule has 3 aromatic rings. The van der Waals surface area contributed by atoms with E-state index in [-0.39, 0.29) is 11.3 Å². The molecule has 2 aromatic carbocycles. The standard InChI is InChI=1S/C16H12F3N3/c17-11-3-1-10(2-4-11)5-6-20-16-13-7-12(18)8-14(19)15(13)21-9-22-16/h1-4,7-9H,5-6H2,(H,20,21,22). The summed E-state index contributed by atoms with van der Waals surface area (Å²) in [6.07, 6.45) is 1.85. The lowest BCUT2D eigenvalue weighted by Gasteiger charge is -2.09. The number of fused-ring (bicyclic) bond motifs is 1. The van der Waals surface area contributed by atoms with Crippen LogP contribution in [-0.4, -0.2) is 16.5 Å². The molecule has 22 heavy (non-hydrogen) atoms. The molecule has 0 aliphatic carbocycles. The fourth-order valence-electron chi connectivity index (χ4n) is 2.21. The minimum atomic E-state index is -0.723. The van der Waals surface area contributed by atoms with Gasteiger partial charge in [0, 0.05) is 18.0 Å². The normalized spacial score (nSPS) is 10.9. The van der Waals surface area contributed by atoms with Crippen LogP contribution in [0.2, 0.25) is 0 Å². The molecule has 1 N–H and O–H groups in total. The van der Waals surface area contributed by atoms with Gasteiger partial charge in [-0.05, 0) is 30.2 Å². The maximum Gasteiger partial charge on any atom is 0.152 e. The Morgan fingerprint density at radius 1 is 0.909 bits per heavy atom. The van der Waals surface area contributed by atoms with Crippen molar-refractivity contribution in [3.63, 3.8) is 0 Å². The smallest absolute Gasteiger partial charge is 0.152 e. The predicted molar refractivity (Wildman–Crippen MR) is 78.0 cm³/mol. The predicted octanol–water partition coefficient (Wildman–Crippen LogP) is 3.70. The molecule has 3 nitrogen and oxygen atoms in total. The lowest BCUT2D eigenvalue weighted by molar-refractivity contribution is 0.590. The Bertz CT molecular complexity index is 804. The van der Waals surface area contributed by atoms with Gasteiger partial charge in [-0.25, -0.2) is 23.1 Å². The van der Waals surface area contributed by atoms with Gasteiger partial charge in [-0.3, -0.25) is 0 Å². The zero-order valence-corrected chi connectivity index (χ0v) is 11.5. The molecular weight excluding hydrogens is 291 g/mol. The van der Waals surface area contributed by atoms with Crippen LogP contribution >= 0.6 is 0 Å². The van der Waals surface area contributed by atoms with Gasteiger partial charge in [-0.2, -0.15) is 0 Å². The monoisotopic (exact) mass is 303 g/mol. The first kappa shape index (κ1) is 14.3. The van der Waals surface area contributed by atoms with Crippen LogP contribution in [0.15, 0.2) is 42.7 Å². The van der Waals surface area contributed by atoms with Gasteiger partial charge in [0.1, 0.15) is 29.3 Å². The molecule has 0 aliphatic rings. The van der Waals surface area contributed by atoms with Crippen molar-refractivity contribution in [3.8, 4) is 0 Å². The van der Waals surface area contributed by atoms with E-state index in [2.05, 4.69) is 15.3 Å². The van der Waals surface area contributed by atoms with Crippen molar-refractivity contribution >= 4 is 16.7 Å². The number of rotatable bonds is 4. The minimum absolute atomic E-state index is 0.0701. The molecule has 0 amide bonds. The summed E-state index contributed by atoms with van der Waals surface area (Å²) in [5.74, 6) is -1.32. The third kappa shape index (κ3) is 3.00. The molecule has 112 valence electrons. The molecule has 0 aliphatic heterocycles. The summed E-state index contributed by atoms with van der Waals surface area (Å²) in [4.78, 5) is 7.84. The number of nitrogens with zero attached hydrogens (tertiary/aromatic N) is 2. The highest BCUT2D eigenvalue weighted by molar-refractivity contribution is 5.89. The molecular formula is C16H12F3N3. The second kappa shape index (κ2) is 6.01. The lowest BCUT2D eigenvalue weighted by Crippen LogP contribution is -2.07. The second-order valence-corrected chi connectivity index (χ2v) is 4.81. The Balaban J connectivity index is 1.78. The van der Waals surface area contributed by atoms with Crippen LogP contribution in [-0.2, 0) is 6.42 Å². The van der Waals surface area contributed by atoms with E-state index in [0.717, 1.165) is 11.6 Å². The maximum absolute atomic E-state index is 13.7. The number of nitrogens with one attached hydrogen (secondary N) is 1. The quantitative estimate of drug-likeness (QED) is 0.798. The molecule has 0 atom stereocenters. The summed E-state index contributed by atoms with van der Waals surface area (Å²) in [5.41, 5.74) is 1.02. The van der Waals surface area contributed by atoms with Gasteiger partial charge in [-0.15, -0.1) is 0 Å². The number of hydrogen-bond donors (Lipinski definition) is 1. The van der Waals surface area contributed by atoms with Crippen LogP contribution in [0.1, 0.15) is 5.56 Å². The van der Waals surface area contributed by atoms with Gasteiger partial charge in [-0.1, -0.05) is 12.1 Å². The van der Waals surface area contributed by atoms with Crippen molar-refractivity contribution in [1.29, 1.82) is 0 Å². The van der Waals surface area contributed by atoms with Crippen molar-refractivity contribution < 1.29 is 13.2 Å². The summed E-state index contributed by atoms with van der Waals surface area (Å²) in [5, 5.41) is 3.32. The van der Waals surface area contributed by atoms with E-state index in [0.29, 0.717) is 24.2 Å². The van der Waals surface area contributed by atoms with E-state index in [1.54, 1.807) is 12.1 Å². The zero-order chi connectivity index (χ0) is 15.5. The van der Waals surface area contributed by atoms with Crippen LogP contribution in [0.25, 0.3) is 10.9 Å². The third-order valence-corrected chi connectivity index (χ3v) is 3.28. The number of anilines is 1. The third-order valence-electron chi connectivity index (χ3n) is 3.28. The highest BCUT2D eigenvalue weighted by atomic mass is 19.1. The summed E-state index contributed by atoms with van der Waals surface area (Å²) in [6.45, 7) is 0.496. The van der Waals surface area contributed by atoms with Crippen LogP contribution in [0, 0.1) is 17.5 Å². The molecule has 0 saturated heterocycles. The Hall–Kier alpha value is -2.63. The molecule has 0 unspecified atom stereocenters. The molecule has 6 heteroatoms. The Morgan fingerprint density at radius 2 is 1.68 bits per heavy atom. The van der Waals surface area contributed by atoms with E-state index in [9.17, 15) is 13.2 Å². The van der Waals surface area contributed by atoms with Crippen LogP contribution in [0.4, 0.5) is 19.0 Å². The Morgan fingerprint density at radius 3 is 2.45 bits per heavy atom. The summed E-state index contributed by atoms with van der Waals surface area (Å²) < 4.78 is 39.8. The maximum atomic E-state index is 13.7. The van der Waals surface area contributed by atoms with Crippen molar-refractivity contribution in [2.45, 2.75) is 6.42 Å². The molecule has 0 bridgehead atoms. The first-order valence-electron chi connectivity index (χ1n) is 6.71. The van der Waals surface area contributed by atoms with Crippen molar-refractivity contribution in [1.82, 2.24) is 9.97 Å². The molecule has 0 fully saturated rings. The Kier molecular flexibility index (Phi) is 3.91. The fourth-order valence-corrected chi connectivity index (χ4v) is 2.21. The largest absolute Gasteiger partial charge is 0.369 e. The van der Waals surface area contributed by atoms with Gasteiger partial charge in [0.2, 0.25) is 0 Å². The van der Waals surface area contributed by atoms with Crippen LogP contribution in [0.3, 0.4) is 0 Å². The first-order chi connectivity index (χ1) is 10.6. The van der Waals surface area contributed by atoms with Gasteiger partial charge < -0.3 is 5.32 Å². The van der Waals surface area contributed by atoms with Crippen molar-refractivity contribution in [3.05, 3.63) is 65.7 Å².